The van der Waals surface area contributed by atoms with E-state index in [9.17, 15) is 0 Å². The average molecular weight is 439 g/mol. The van der Waals surface area contributed by atoms with Crippen LogP contribution in [0.25, 0.3) is 0 Å². The summed E-state index contributed by atoms with van der Waals surface area (Å²) in [5.41, 5.74) is 1.19. The van der Waals surface area contributed by atoms with Gasteiger partial charge < -0.3 is 20.4 Å². The fraction of sp³-hybridized carbons (Fsp3) is 0.542. The maximum atomic E-state index is 5.60. The van der Waals surface area contributed by atoms with Crippen LogP contribution in [0.4, 0.5) is 17.6 Å². The standard InChI is InChI=1S/C24H34N6S/c1-19(20-12-6-4-7-13-20)25-24(31)28-23-26-21(29-14-8-2-3-9-15-29)18-22(27-23)30-16-10-5-11-17-30/h4,6-7,12-13,18-19H,2-3,5,8-11,14-17H2,1H3,(H2,25,26,27,28,31)/t19-/m1/s1. The highest BCUT2D eigenvalue weighted by Gasteiger charge is 2.19. The Hall–Kier alpha value is -2.41. The van der Waals surface area contributed by atoms with Gasteiger partial charge in [-0.05, 0) is 56.8 Å². The molecule has 0 bridgehead atoms. The van der Waals surface area contributed by atoms with Crippen LogP contribution in [0.1, 0.15) is 63.5 Å². The lowest BCUT2D eigenvalue weighted by atomic mass is 10.1. The van der Waals surface area contributed by atoms with E-state index in [0.717, 1.165) is 37.8 Å². The molecular weight excluding hydrogens is 404 g/mol. The van der Waals surface area contributed by atoms with Crippen LogP contribution in [-0.4, -0.2) is 41.3 Å². The van der Waals surface area contributed by atoms with Crippen LogP contribution >= 0.6 is 12.2 Å². The summed E-state index contributed by atoms with van der Waals surface area (Å²) in [5.74, 6) is 2.61. The van der Waals surface area contributed by atoms with Gasteiger partial charge in [-0.15, -0.1) is 0 Å². The molecule has 2 aromatic rings. The number of anilines is 3. The Kier molecular flexibility index (Phi) is 7.57. The SMILES string of the molecule is C[C@@H](NC(=S)Nc1nc(N2CCCCCC2)cc(N2CCCCC2)n1)c1ccccc1. The molecule has 2 saturated heterocycles. The van der Waals surface area contributed by atoms with Gasteiger partial charge in [0, 0.05) is 32.2 Å². The Bertz CT molecular complexity index is 844. The molecule has 7 heteroatoms. The van der Waals surface area contributed by atoms with E-state index in [-0.39, 0.29) is 6.04 Å². The fourth-order valence-corrected chi connectivity index (χ4v) is 4.65. The van der Waals surface area contributed by atoms with Gasteiger partial charge in [0.25, 0.3) is 0 Å². The first-order valence-corrected chi connectivity index (χ1v) is 12.1. The number of nitrogens with one attached hydrogen (secondary N) is 2. The zero-order valence-corrected chi connectivity index (χ0v) is 19.3. The molecule has 4 rings (SSSR count). The number of benzene rings is 1. The Morgan fingerprint density at radius 3 is 1.90 bits per heavy atom. The van der Waals surface area contributed by atoms with Crippen LogP contribution in [-0.2, 0) is 0 Å². The minimum Gasteiger partial charge on any atom is -0.356 e. The van der Waals surface area contributed by atoms with Crippen molar-refractivity contribution in [3.63, 3.8) is 0 Å². The van der Waals surface area contributed by atoms with Crippen LogP contribution in [0.2, 0.25) is 0 Å². The molecule has 0 unspecified atom stereocenters. The molecule has 2 N–H and O–H groups in total. The van der Waals surface area contributed by atoms with Crippen LogP contribution < -0.4 is 20.4 Å². The second kappa shape index (κ2) is 10.8. The van der Waals surface area contributed by atoms with E-state index in [1.54, 1.807) is 0 Å². The van der Waals surface area contributed by atoms with E-state index in [4.69, 9.17) is 22.2 Å². The number of rotatable bonds is 5. The average Bonchev–Trinajstić information content (AvgIpc) is 3.10. The zero-order chi connectivity index (χ0) is 21.5. The topological polar surface area (TPSA) is 56.3 Å². The summed E-state index contributed by atoms with van der Waals surface area (Å²) in [6.45, 7) is 6.34. The molecule has 0 radical (unpaired) electrons. The van der Waals surface area contributed by atoms with E-state index >= 15 is 0 Å². The molecule has 166 valence electrons. The van der Waals surface area contributed by atoms with Gasteiger partial charge in [-0.1, -0.05) is 43.2 Å². The Balaban J connectivity index is 1.52. The minimum atomic E-state index is 0.108. The molecule has 0 spiro atoms. The van der Waals surface area contributed by atoms with Gasteiger partial charge in [-0.25, -0.2) is 0 Å². The van der Waals surface area contributed by atoms with Crippen LogP contribution in [0.3, 0.4) is 0 Å². The summed E-state index contributed by atoms with van der Waals surface area (Å²) < 4.78 is 0. The highest BCUT2D eigenvalue weighted by atomic mass is 32.1. The summed E-state index contributed by atoms with van der Waals surface area (Å²) in [6, 6.07) is 12.6. The highest BCUT2D eigenvalue weighted by Crippen LogP contribution is 2.26. The Labute approximate surface area is 191 Å². The molecule has 0 saturated carbocycles. The van der Waals surface area contributed by atoms with Crippen LogP contribution in [0.15, 0.2) is 36.4 Å². The number of hydrogen-bond donors (Lipinski definition) is 2. The van der Waals surface area contributed by atoms with E-state index < -0.39 is 0 Å². The van der Waals surface area contributed by atoms with E-state index in [1.165, 1.54) is 50.5 Å². The molecule has 2 aliphatic heterocycles. The van der Waals surface area contributed by atoms with Gasteiger partial charge in [-0.3, -0.25) is 0 Å². The summed E-state index contributed by atoms with van der Waals surface area (Å²) in [5, 5.41) is 7.18. The van der Waals surface area contributed by atoms with Crippen molar-refractivity contribution in [3.8, 4) is 0 Å². The molecule has 1 atom stereocenters. The van der Waals surface area contributed by atoms with Crippen LogP contribution in [0.5, 0.6) is 0 Å². The highest BCUT2D eigenvalue weighted by molar-refractivity contribution is 7.80. The largest absolute Gasteiger partial charge is 0.356 e. The monoisotopic (exact) mass is 438 g/mol. The first kappa shape index (κ1) is 21.8. The smallest absolute Gasteiger partial charge is 0.232 e. The predicted octanol–water partition coefficient (Wildman–Crippen LogP) is 4.89. The number of thiocarbonyl (C=S) groups is 1. The van der Waals surface area contributed by atoms with Gasteiger partial charge in [0.15, 0.2) is 5.11 Å². The molecule has 0 amide bonds. The second-order valence-corrected chi connectivity index (χ2v) is 9.00. The predicted molar refractivity (Wildman–Crippen MR) is 133 cm³/mol. The fourth-order valence-electron chi connectivity index (χ4n) is 4.38. The molecule has 3 heterocycles. The van der Waals surface area contributed by atoms with Crippen molar-refractivity contribution in [2.75, 3.05) is 41.3 Å². The first-order valence-electron chi connectivity index (χ1n) is 11.7. The Morgan fingerprint density at radius 2 is 1.35 bits per heavy atom. The first-order chi connectivity index (χ1) is 15.2. The maximum absolute atomic E-state index is 5.60. The molecule has 0 aliphatic carbocycles. The lowest BCUT2D eigenvalue weighted by Crippen LogP contribution is -2.34. The van der Waals surface area contributed by atoms with Crippen molar-refractivity contribution in [2.24, 2.45) is 0 Å². The zero-order valence-electron chi connectivity index (χ0n) is 18.5. The van der Waals surface area contributed by atoms with Gasteiger partial charge in [0.1, 0.15) is 11.6 Å². The normalized spacial score (nSPS) is 18.2. The van der Waals surface area contributed by atoms with Gasteiger partial charge >= 0.3 is 0 Å². The van der Waals surface area contributed by atoms with Crippen molar-refractivity contribution in [1.82, 2.24) is 15.3 Å². The summed E-state index contributed by atoms with van der Waals surface area (Å²) in [7, 11) is 0. The maximum Gasteiger partial charge on any atom is 0.232 e. The number of hydrogen-bond acceptors (Lipinski definition) is 5. The molecule has 1 aromatic heterocycles. The van der Waals surface area contributed by atoms with Crippen molar-refractivity contribution in [2.45, 2.75) is 57.9 Å². The molecule has 31 heavy (non-hydrogen) atoms. The third-order valence-corrected chi connectivity index (χ3v) is 6.40. The van der Waals surface area contributed by atoms with Crippen LogP contribution in [0, 0.1) is 0 Å². The van der Waals surface area contributed by atoms with Gasteiger partial charge in [0.05, 0.1) is 6.04 Å². The van der Waals surface area contributed by atoms with Crippen molar-refractivity contribution >= 4 is 34.9 Å². The van der Waals surface area contributed by atoms with Gasteiger partial charge in [0.2, 0.25) is 5.95 Å². The van der Waals surface area contributed by atoms with E-state index in [2.05, 4.69) is 45.6 Å². The van der Waals surface area contributed by atoms with Crippen molar-refractivity contribution in [1.29, 1.82) is 0 Å². The Morgan fingerprint density at radius 1 is 0.839 bits per heavy atom. The quantitative estimate of drug-likeness (QED) is 0.644. The molecule has 6 nitrogen and oxygen atoms in total. The second-order valence-electron chi connectivity index (χ2n) is 8.59. The van der Waals surface area contributed by atoms with Crippen molar-refractivity contribution < 1.29 is 0 Å². The molecule has 1 aromatic carbocycles. The lowest BCUT2D eigenvalue weighted by Gasteiger charge is -2.30. The third-order valence-electron chi connectivity index (χ3n) is 6.18. The van der Waals surface area contributed by atoms with Crippen molar-refractivity contribution in [3.05, 3.63) is 42.0 Å². The molecule has 2 aliphatic rings. The third kappa shape index (κ3) is 6.06. The summed E-state index contributed by atoms with van der Waals surface area (Å²) in [6.07, 6.45) is 8.80. The number of piperidine rings is 1. The van der Waals surface area contributed by atoms with Gasteiger partial charge in [-0.2, -0.15) is 9.97 Å². The summed E-state index contributed by atoms with van der Waals surface area (Å²) in [4.78, 5) is 14.5. The molecule has 2 fully saturated rings. The summed E-state index contributed by atoms with van der Waals surface area (Å²) >= 11 is 5.60. The van der Waals surface area contributed by atoms with E-state index in [0.29, 0.717) is 11.1 Å². The lowest BCUT2D eigenvalue weighted by molar-refractivity contribution is 0.573. The van der Waals surface area contributed by atoms with E-state index in [1.807, 2.05) is 18.2 Å². The molecular formula is C24H34N6S. The minimum absolute atomic E-state index is 0.108. The number of nitrogens with zero attached hydrogens (tertiary/aromatic N) is 4. The number of aromatic nitrogens is 2.